The van der Waals surface area contributed by atoms with Crippen LogP contribution in [0.15, 0.2) is 10.4 Å². The van der Waals surface area contributed by atoms with Crippen molar-refractivity contribution in [3.05, 3.63) is 10.7 Å². The molecular formula is C8H12ClN3O3S2. The fourth-order valence-corrected chi connectivity index (χ4v) is 3.68. The number of amides is 1. The normalized spacial score (nSPS) is 11.8. The molecule has 9 heteroatoms. The van der Waals surface area contributed by atoms with Gasteiger partial charge in [-0.25, -0.2) is 13.4 Å². The molecule has 0 aromatic carbocycles. The highest BCUT2D eigenvalue weighted by molar-refractivity contribution is 7.91. The molecule has 0 spiro atoms. The summed E-state index contributed by atoms with van der Waals surface area (Å²) in [6.45, 7) is 1.99. The summed E-state index contributed by atoms with van der Waals surface area (Å²) in [5.74, 6) is -0.353. The number of hydrogen-bond acceptors (Lipinski definition) is 5. The number of likely N-dealkylation sites (N-methyl/N-ethyl adjacent to an activating group) is 2. The highest BCUT2D eigenvalue weighted by atomic mass is 35.5. The fourth-order valence-electron chi connectivity index (χ4n) is 1.05. The number of hydrogen-bond donors (Lipinski definition) is 1. The molecule has 1 rings (SSSR count). The molecule has 1 amide bonds. The van der Waals surface area contributed by atoms with Crippen LogP contribution in [-0.2, 0) is 14.8 Å². The molecule has 0 aliphatic heterocycles. The van der Waals surface area contributed by atoms with Gasteiger partial charge < -0.3 is 5.32 Å². The van der Waals surface area contributed by atoms with Gasteiger partial charge in [0, 0.05) is 13.6 Å². The van der Waals surface area contributed by atoms with Crippen molar-refractivity contribution >= 4 is 38.9 Å². The quantitative estimate of drug-likeness (QED) is 0.861. The second-order valence-corrected chi connectivity index (χ2v) is 7.03. The molecule has 0 unspecified atom stereocenters. The number of thiazole rings is 1. The van der Waals surface area contributed by atoms with Crippen molar-refractivity contribution in [3.8, 4) is 0 Å². The van der Waals surface area contributed by atoms with Gasteiger partial charge in [-0.3, -0.25) is 4.79 Å². The van der Waals surface area contributed by atoms with Crippen molar-refractivity contribution in [2.45, 2.75) is 11.1 Å². The monoisotopic (exact) mass is 297 g/mol. The predicted molar refractivity (Wildman–Crippen MR) is 65.6 cm³/mol. The maximum absolute atomic E-state index is 11.9. The SMILES string of the molecule is CCNC(=O)CN(C)S(=O)(=O)c1cnc(Cl)s1. The Morgan fingerprint density at radius 2 is 2.29 bits per heavy atom. The van der Waals surface area contributed by atoms with Gasteiger partial charge in [-0.1, -0.05) is 22.9 Å². The zero-order valence-electron chi connectivity index (χ0n) is 9.31. The number of aromatic nitrogens is 1. The Balaban J connectivity index is 2.81. The van der Waals surface area contributed by atoms with E-state index < -0.39 is 10.0 Å². The highest BCUT2D eigenvalue weighted by Gasteiger charge is 2.25. The largest absolute Gasteiger partial charge is 0.355 e. The lowest BCUT2D eigenvalue weighted by Crippen LogP contribution is -2.37. The highest BCUT2D eigenvalue weighted by Crippen LogP contribution is 2.24. The number of carbonyl (C=O) groups excluding carboxylic acids is 1. The van der Waals surface area contributed by atoms with E-state index in [-0.39, 0.29) is 21.1 Å². The van der Waals surface area contributed by atoms with Gasteiger partial charge in [-0.15, -0.1) is 0 Å². The number of halogens is 1. The average molecular weight is 298 g/mol. The van der Waals surface area contributed by atoms with E-state index in [1.807, 2.05) is 0 Å². The van der Waals surface area contributed by atoms with Crippen LogP contribution in [0.25, 0.3) is 0 Å². The van der Waals surface area contributed by atoms with E-state index in [0.29, 0.717) is 6.54 Å². The molecule has 6 nitrogen and oxygen atoms in total. The zero-order valence-corrected chi connectivity index (χ0v) is 11.7. The van der Waals surface area contributed by atoms with Crippen LogP contribution >= 0.6 is 22.9 Å². The van der Waals surface area contributed by atoms with Crippen molar-refractivity contribution in [2.24, 2.45) is 0 Å². The zero-order chi connectivity index (χ0) is 13.1. The molecule has 0 saturated heterocycles. The Labute approximate surface area is 109 Å². The van der Waals surface area contributed by atoms with Gasteiger partial charge in [-0.05, 0) is 6.92 Å². The Kier molecular flexibility index (Phi) is 4.87. The van der Waals surface area contributed by atoms with Crippen LogP contribution in [0.2, 0.25) is 4.47 Å². The first-order valence-electron chi connectivity index (χ1n) is 4.72. The van der Waals surface area contributed by atoms with Crippen molar-refractivity contribution in [1.82, 2.24) is 14.6 Å². The third kappa shape index (κ3) is 3.63. The predicted octanol–water partition coefficient (Wildman–Crippen LogP) is 0.553. The molecule has 96 valence electrons. The second-order valence-electron chi connectivity index (χ2n) is 3.15. The van der Waals surface area contributed by atoms with E-state index in [2.05, 4.69) is 10.3 Å². The van der Waals surface area contributed by atoms with Crippen LogP contribution in [0.5, 0.6) is 0 Å². The molecule has 0 aliphatic rings. The molecule has 0 radical (unpaired) electrons. The van der Waals surface area contributed by atoms with E-state index in [1.54, 1.807) is 6.92 Å². The molecule has 0 bridgehead atoms. The molecule has 1 aromatic heterocycles. The number of rotatable bonds is 5. The van der Waals surface area contributed by atoms with Gasteiger partial charge in [0.05, 0.1) is 12.7 Å². The minimum atomic E-state index is -3.69. The maximum atomic E-state index is 11.9. The molecule has 1 aromatic rings. The van der Waals surface area contributed by atoms with Gasteiger partial charge >= 0.3 is 0 Å². The molecular weight excluding hydrogens is 286 g/mol. The van der Waals surface area contributed by atoms with Crippen LogP contribution in [0.1, 0.15) is 6.92 Å². The minimum Gasteiger partial charge on any atom is -0.355 e. The smallest absolute Gasteiger partial charge is 0.254 e. The van der Waals surface area contributed by atoms with Gasteiger partial charge in [0.25, 0.3) is 10.0 Å². The summed E-state index contributed by atoms with van der Waals surface area (Å²) in [7, 11) is -2.36. The maximum Gasteiger partial charge on any atom is 0.254 e. The van der Waals surface area contributed by atoms with Crippen LogP contribution in [-0.4, -0.2) is 43.8 Å². The summed E-state index contributed by atoms with van der Waals surface area (Å²) in [5, 5.41) is 2.52. The first-order chi connectivity index (χ1) is 7.87. The Bertz CT molecular complexity index is 500. The molecule has 0 saturated carbocycles. The molecule has 0 aliphatic carbocycles. The van der Waals surface area contributed by atoms with Crippen LogP contribution < -0.4 is 5.32 Å². The Morgan fingerprint density at radius 1 is 1.65 bits per heavy atom. The van der Waals surface area contributed by atoms with E-state index in [9.17, 15) is 13.2 Å². The van der Waals surface area contributed by atoms with Crippen molar-refractivity contribution in [2.75, 3.05) is 20.1 Å². The summed E-state index contributed by atoms with van der Waals surface area (Å²) in [5.41, 5.74) is 0. The summed E-state index contributed by atoms with van der Waals surface area (Å²) >= 11 is 6.43. The molecule has 1 heterocycles. The van der Waals surface area contributed by atoms with E-state index in [4.69, 9.17) is 11.6 Å². The van der Waals surface area contributed by atoms with E-state index >= 15 is 0 Å². The Hall–Kier alpha value is -0.700. The summed E-state index contributed by atoms with van der Waals surface area (Å²) in [4.78, 5) is 14.9. The first kappa shape index (κ1) is 14.4. The third-order valence-electron chi connectivity index (χ3n) is 1.86. The van der Waals surface area contributed by atoms with Crippen molar-refractivity contribution in [3.63, 3.8) is 0 Å². The lowest BCUT2D eigenvalue weighted by Gasteiger charge is -2.14. The lowest BCUT2D eigenvalue weighted by atomic mass is 10.5. The summed E-state index contributed by atoms with van der Waals surface area (Å²) in [6.07, 6.45) is 1.18. The number of nitrogens with zero attached hydrogens (tertiary/aromatic N) is 2. The standard InChI is InChI=1S/C8H12ClN3O3S2/c1-3-10-6(13)5-12(2)17(14,15)7-4-11-8(9)16-7/h4H,3,5H2,1-2H3,(H,10,13). The van der Waals surface area contributed by atoms with Gasteiger partial charge in [0.15, 0.2) is 8.68 Å². The van der Waals surface area contributed by atoms with Gasteiger partial charge in [-0.2, -0.15) is 4.31 Å². The lowest BCUT2D eigenvalue weighted by molar-refractivity contribution is -0.121. The van der Waals surface area contributed by atoms with Crippen LogP contribution in [0.3, 0.4) is 0 Å². The van der Waals surface area contributed by atoms with Crippen LogP contribution in [0.4, 0.5) is 0 Å². The number of sulfonamides is 1. The van der Waals surface area contributed by atoms with Crippen molar-refractivity contribution in [1.29, 1.82) is 0 Å². The minimum absolute atomic E-state index is 0.0225. The van der Waals surface area contributed by atoms with E-state index in [1.165, 1.54) is 13.2 Å². The Morgan fingerprint density at radius 3 is 2.76 bits per heavy atom. The van der Waals surface area contributed by atoms with E-state index in [0.717, 1.165) is 15.6 Å². The fraction of sp³-hybridized carbons (Fsp3) is 0.500. The topological polar surface area (TPSA) is 79.4 Å². The first-order valence-corrected chi connectivity index (χ1v) is 7.35. The summed E-state index contributed by atoms with van der Waals surface area (Å²) < 4.78 is 25.0. The molecule has 0 atom stereocenters. The van der Waals surface area contributed by atoms with Crippen molar-refractivity contribution < 1.29 is 13.2 Å². The number of carbonyl (C=O) groups is 1. The third-order valence-corrected chi connectivity index (χ3v) is 5.22. The average Bonchev–Trinajstić information content (AvgIpc) is 2.65. The second kappa shape index (κ2) is 5.76. The summed E-state index contributed by atoms with van der Waals surface area (Å²) in [6, 6.07) is 0. The molecule has 17 heavy (non-hydrogen) atoms. The number of nitrogens with one attached hydrogen (secondary N) is 1. The van der Waals surface area contributed by atoms with Gasteiger partial charge in [0.2, 0.25) is 5.91 Å². The molecule has 1 N–H and O–H groups in total. The van der Waals surface area contributed by atoms with Gasteiger partial charge in [0.1, 0.15) is 0 Å². The molecule has 0 fully saturated rings. The van der Waals surface area contributed by atoms with Crippen LogP contribution in [0, 0.1) is 0 Å².